The highest BCUT2D eigenvalue weighted by Gasteiger charge is 2.35. The summed E-state index contributed by atoms with van der Waals surface area (Å²) in [5.41, 5.74) is 1.05. The van der Waals surface area contributed by atoms with Crippen molar-refractivity contribution in [3.05, 3.63) is 18.0 Å². The Kier molecular flexibility index (Phi) is 4.76. The highest BCUT2D eigenvalue weighted by atomic mass is 16.4. The number of rotatable bonds is 5. The molecule has 2 atom stereocenters. The van der Waals surface area contributed by atoms with Gasteiger partial charge in [0.25, 0.3) is 0 Å². The van der Waals surface area contributed by atoms with Crippen molar-refractivity contribution in [3.63, 3.8) is 0 Å². The number of aliphatic carboxylic acids is 1. The molecule has 0 radical (unpaired) electrons. The van der Waals surface area contributed by atoms with Gasteiger partial charge < -0.3 is 10.4 Å². The fourth-order valence-corrected chi connectivity index (χ4v) is 2.83. The second-order valence-electron chi connectivity index (χ2n) is 5.32. The molecule has 1 aliphatic carbocycles. The molecule has 20 heavy (non-hydrogen) atoms. The number of carboxylic acid groups (broad SMARTS) is 1. The second-order valence-corrected chi connectivity index (χ2v) is 5.32. The molecule has 110 valence electrons. The van der Waals surface area contributed by atoms with E-state index in [-0.39, 0.29) is 11.8 Å². The number of hydrogen-bond donors (Lipinski definition) is 2. The molecule has 0 bridgehead atoms. The molecular weight excluding hydrogens is 258 g/mol. The van der Waals surface area contributed by atoms with Crippen LogP contribution in [-0.2, 0) is 23.1 Å². The van der Waals surface area contributed by atoms with Crippen molar-refractivity contribution in [1.29, 1.82) is 0 Å². The lowest BCUT2D eigenvalue weighted by molar-refractivity contribution is -0.148. The Morgan fingerprint density at radius 2 is 2.10 bits per heavy atom. The van der Waals surface area contributed by atoms with E-state index < -0.39 is 11.9 Å². The molecule has 6 nitrogen and oxygen atoms in total. The van der Waals surface area contributed by atoms with Gasteiger partial charge in [-0.3, -0.25) is 14.3 Å². The van der Waals surface area contributed by atoms with E-state index in [2.05, 4.69) is 10.4 Å². The van der Waals surface area contributed by atoms with Gasteiger partial charge in [-0.15, -0.1) is 0 Å². The number of aryl methyl sites for hydroxylation is 1. The van der Waals surface area contributed by atoms with Crippen LogP contribution in [0.2, 0.25) is 0 Å². The van der Waals surface area contributed by atoms with E-state index in [0.29, 0.717) is 25.8 Å². The molecule has 1 aliphatic rings. The van der Waals surface area contributed by atoms with E-state index in [1.807, 2.05) is 13.1 Å². The zero-order valence-electron chi connectivity index (χ0n) is 11.7. The van der Waals surface area contributed by atoms with E-state index in [9.17, 15) is 14.7 Å². The van der Waals surface area contributed by atoms with E-state index in [4.69, 9.17) is 0 Å². The van der Waals surface area contributed by atoms with E-state index in [0.717, 1.165) is 18.5 Å². The highest BCUT2D eigenvalue weighted by molar-refractivity contribution is 5.84. The molecular formula is C14H21N3O3. The van der Waals surface area contributed by atoms with Crippen LogP contribution in [0, 0.1) is 11.8 Å². The van der Waals surface area contributed by atoms with Gasteiger partial charge in [0.2, 0.25) is 5.91 Å². The van der Waals surface area contributed by atoms with Crippen LogP contribution in [0.15, 0.2) is 12.3 Å². The molecule has 2 rings (SSSR count). The molecule has 1 heterocycles. The third kappa shape index (κ3) is 3.37. The Morgan fingerprint density at radius 3 is 2.70 bits per heavy atom. The zero-order valence-corrected chi connectivity index (χ0v) is 11.7. The van der Waals surface area contributed by atoms with Crippen molar-refractivity contribution in [2.75, 3.05) is 6.54 Å². The minimum atomic E-state index is -0.850. The monoisotopic (exact) mass is 279 g/mol. The van der Waals surface area contributed by atoms with Gasteiger partial charge in [0.1, 0.15) is 0 Å². The number of amides is 1. The molecule has 0 unspecified atom stereocenters. The molecule has 0 aliphatic heterocycles. The van der Waals surface area contributed by atoms with Gasteiger partial charge in [-0.1, -0.05) is 12.8 Å². The van der Waals surface area contributed by atoms with Crippen LogP contribution in [0.1, 0.15) is 31.4 Å². The fourth-order valence-electron chi connectivity index (χ4n) is 2.83. The van der Waals surface area contributed by atoms with Crippen molar-refractivity contribution in [3.8, 4) is 0 Å². The molecule has 1 saturated carbocycles. The molecule has 1 aromatic heterocycles. The Labute approximate surface area is 118 Å². The summed E-state index contributed by atoms with van der Waals surface area (Å²) in [6.07, 6.45) is 5.54. The standard InChI is InChI=1S/C14H21N3O3/c1-17-10(7-9-16-17)6-8-15-13(18)11-4-2-3-5-12(11)14(19)20/h7,9,11-12H,2-6,8H2,1H3,(H,15,18)(H,19,20)/t11-,12+/m1/s1. The summed E-state index contributed by atoms with van der Waals surface area (Å²) in [5, 5.41) is 16.1. The lowest BCUT2D eigenvalue weighted by Crippen LogP contribution is -2.40. The van der Waals surface area contributed by atoms with Gasteiger partial charge in [-0.25, -0.2) is 0 Å². The molecule has 2 N–H and O–H groups in total. The summed E-state index contributed by atoms with van der Waals surface area (Å²) in [5.74, 6) is -1.89. The smallest absolute Gasteiger partial charge is 0.307 e. The minimum absolute atomic E-state index is 0.126. The van der Waals surface area contributed by atoms with Gasteiger partial charge in [0.15, 0.2) is 0 Å². The van der Waals surface area contributed by atoms with Crippen LogP contribution < -0.4 is 5.32 Å². The van der Waals surface area contributed by atoms with E-state index in [1.54, 1.807) is 10.9 Å². The predicted molar refractivity (Wildman–Crippen MR) is 73.0 cm³/mol. The largest absolute Gasteiger partial charge is 0.481 e. The Balaban J connectivity index is 1.84. The molecule has 0 aromatic carbocycles. The van der Waals surface area contributed by atoms with Gasteiger partial charge in [0, 0.05) is 31.9 Å². The summed E-state index contributed by atoms with van der Waals surface area (Å²) in [4.78, 5) is 23.3. The average Bonchev–Trinajstić information content (AvgIpc) is 2.84. The number of carbonyl (C=O) groups excluding carboxylic acids is 1. The second kappa shape index (κ2) is 6.54. The zero-order chi connectivity index (χ0) is 14.5. The first kappa shape index (κ1) is 14.6. The third-order valence-corrected chi connectivity index (χ3v) is 4.02. The number of nitrogens with zero attached hydrogens (tertiary/aromatic N) is 2. The van der Waals surface area contributed by atoms with Crippen molar-refractivity contribution in [1.82, 2.24) is 15.1 Å². The lowest BCUT2D eigenvalue weighted by atomic mass is 9.78. The number of carbonyl (C=O) groups is 2. The first-order valence-corrected chi connectivity index (χ1v) is 7.07. The quantitative estimate of drug-likeness (QED) is 0.841. The minimum Gasteiger partial charge on any atom is -0.481 e. The average molecular weight is 279 g/mol. The summed E-state index contributed by atoms with van der Waals surface area (Å²) in [6.45, 7) is 0.515. The van der Waals surface area contributed by atoms with Crippen LogP contribution >= 0.6 is 0 Å². The van der Waals surface area contributed by atoms with Crippen LogP contribution in [0.3, 0.4) is 0 Å². The number of hydrogen-bond acceptors (Lipinski definition) is 3. The van der Waals surface area contributed by atoms with Crippen LogP contribution in [0.25, 0.3) is 0 Å². The fraction of sp³-hybridized carbons (Fsp3) is 0.643. The maximum absolute atomic E-state index is 12.1. The van der Waals surface area contributed by atoms with Crippen LogP contribution in [0.5, 0.6) is 0 Å². The SMILES string of the molecule is Cn1nccc1CCNC(=O)[C@@H]1CCCC[C@@H]1C(=O)O. The molecule has 1 fully saturated rings. The third-order valence-electron chi connectivity index (χ3n) is 4.02. The molecule has 0 saturated heterocycles. The van der Waals surface area contributed by atoms with Crippen LogP contribution in [-0.4, -0.2) is 33.3 Å². The van der Waals surface area contributed by atoms with Gasteiger partial charge in [0.05, 0.1) is 11.8 Å². The number of carboxylic acids is 1. The van der Waals surface area contributed by atoms with Gasteiger partial charge in [-0.2, -0.15) is 5.10 Å². The molecule has 0 spiro atoms. The number of nitrogens with one attached hydrogen (secondary N) is 1. The van der Waals surface area contributed by atoms with Crippen molar-refractivity contribution in [2.24, 2.45) is 18.9 Å². The summed E-state index contributed by atoms with van der Waals surface area (Å²) >= 11 is 0. The Hall–Kier alpha value is -1.85. The normalized spacial score (nSPS) is 22.4. The van der Waals surface area contributed by atoms with Crippen molar-refractivity contribution in [2.45, 2.75) is 32.1 Å². The predicted octanol–water partition coefficient (Wildman–Crippen LogP) is 0.970. The van der Waals surface area contributed by atoms with Gasteiger partial charge in [-0.05, 0) is 18.9 Å². The topological polar surface area (TPSA) is 84.2 Å². The number of aromatic nitrogens is 2. The summed E-state index contributed by atoms with van der Waals surface area (Å²) in [6, 6.07) is 1.91. The molecule has 1 aromatic rings. The van der Waals surface area contributed by atoms with Crippen LogP contribution in [0.4, 0.5) is 0 Å². The van der Waals surface area contributed by atoms with Crippen molar-refractivity contribution < 1.29 is 14.7 Å². The van der Waals surface area contributed by atoms with Crippen molar-refractivity contribution >= 4 is 11.9 Å². The first-order valence-electron chi connectivity index (χ1n) is 7.07. The van der Waals surface area contributed by atoms with E-state index >= 15 is 0 Å². The Bertz CT molecular complexity index is 484. The lowest BCUT2D eigenvalue weighted by Gasteiger charge is -2.27. The van der Waals surface area contributed by atoms with Gasteiger partial charge >= 0.3 is 5.97 Å². The highest BCUT2D eigenvalue weighted by Crippen LogP contribution is 2.30. The first-order chi connectivity index (χ1) is 9.59. The summed E-state index contributed by atoms with van der Waals surface area (Å²) < 4.78 is 1.77. The molecule has 6 heteroatoms. The summed E-state index contributed by atoms with van der Waals surface area (Å²) in [7, 11) is 1.86. The maximum atomic E-state index is 12.1. The molecule has 1 amide bonds. The Morgan fingerprint density at radius 1 is 1.40 bits per heavy atom. The van der Waals surface area contributed by atoms with E-state index in [1.165, 1.54) is 0 Å². The maximum Gasteiger partial charge on any atom is 0.307 e.